The molecule has 0 N–H and O–H groups in total. The molecule has 0 saturated carbocycles. The van der Waals surface area contributed by atoms with Gasteiger partial charge < -0.3 is 0 Å². The summed E-state index contributed by atoms with van der Waals surface area (Å²) in [6, 6.07) is 5.44. The van der Waals surface area contributed by atoms with E-state index < -0.39 is 0 Å². The first-order valence-electron chi connectivity index (χ1n) is 5.84. The maximum atomic E-state index is 12.1. The highest BCUT2D eigenvalue weighted by atomic mass is 35.5. The van der Waals surface area contributed by atoms with Crippen LogP contribution in [0.1, 0.15) is 27.9 Å². The third-order valence-corrected chi connectivity index (χ3v) is 3.38. The first kappa shape index (κ1) is 12.8. The summed E-state index contributed by atoms with van der Waals surface area (Å²) in [7, 11) is 1.87. The Labute approximate surface area is 111 Å². The summed E-state index contributed by atoms with van der Waals surface area (Å²) >= 11 is 6.01. The molecule has 2 aromatic rings. The van der Waals surface area contributed by atoms with Crippen molar-refractivity contribution in [3.8, 4) is 0 Å². The SMILES string of the molecule is Cc1c(Cl)cccc1C(=O)CCc1cnn(C)c1. The lowest BCUT2D eigenvalue weighted by Crippen LogP contribution is -2.03. The molecule has 0 fully saturated rings. The van der Waals surface area contributed by atoms with Crippen LogP contribution in [0.15, 0.2) is 30.6 Å². The van der Waals surface area contributed by atoms with Gasteiger partial charge in [-0.1, -0.05) is 23.7 Å². The number of rotatable bonds is 4. The molecule has 0 aliphatic heterocycles. The lowest BCUT2D eigenvalue weighted by molar-refractivity contribution is 0.0982. The smallest absolute Gasteiger partial charge is 0.163 e. The van der Waals surface area contributed by atoms with Gasteiger partial charge in [0.15, 0.2) is 5.78 Å². The van der Waals surface area contributed by atoms with E-state index in [9.17, 15) is 4.79 Å². The summed E-state index contributed by atoms with van der Waals surface area (Å²) in [5.74, 6) is 0.124. The zero-order valence-corrected chi connectivity index (χ0v) is 11.2. The maximum absolute atomic E-state index is 12.1. The summed E-state index contributed by atoms with van der Waals surface area (Å²) in [4.78, 5) is 12.1. The fourth-order valence-corrected chi connectivity index (χ4v) is 2.08. The predicted octanol–water partition coefficient (Wildman–Crippen LogP) is 3.20. The first-order valence-corrected chi connectivity index (χ1v) is 6.21. The van der Waals surface area contributed by atoms with E-state index in [4.69, 9.17) is 11.6 Å². The van der Waals surface area contributed by atoms with Crippen molar-refractivity contribution in [2.75, 3.05) is 0 Å². The Morgan fingerprint density at radius 1 is 1.44 bits per heavy atom. The summed E-state index contributed by atoms with van der Waals surface area (Å²) in [5, 5.41) is 4.72. The van der Waals surface area contributed by atoms with Crippen LogP contribution in [-0.2, 0) is 13.5 Å². The molecule has 0 saturated heterocycles. The molecule has 0 unspecified atom stereocenters. The van der Waals surface area contributed by atoms with E-state index in [0.29, 0.717) is 23.4 Å². The molecule has 4 heteroatoms. The van der Waals surface area contributed by atoms with Crippen molar-refractivity contribution in [3.05, 3.63) is 52.3 Å². The Bertz CT molecular complexity index is 575. The second-order valence-electron chi connectivity index (χ2n) is 4.36. The van der Waals surface area contributed by atoms with Gasteiger partial charge in [-0.25, -0.2) is 0 Å². The predicted molar refractivity (Wildman–Crippen MR) is 72.0 cm³/mol. The molecule has 2 rings (SSSR count). The Morgan fingerprint density at radius 3 is 2.89 bits per heavy atom. The normalized spacial score (nSPS) is 10.6. The van der Waals surface area contributed by atoms with E-state index in [1.165, 1.54) is 0 Å². The first-order chi connectivity index (χ1) is 8.58. The molecule has 1 heterocycles. The summed E-state index contributed by atoms with van der Waals surface area (Å²) < 4.78 is 1.74. The van der Waals surface area contributed by atoms with E-state index in [-0.39, 0.29) is 5.78 Å². The fraction of sp³-hybridized carbons (Fsp3) is 0.286. The molecule has 0 aliphatic rings. The van der Waals surface area contributed by atoms with Crippen LogP contribution in [0.5, 0.6) is 0 Å². The Kier molecular flexibility index (Phi) is 3.82. The number of benzene rings is 1. The molecule has 0 radical (unpaired) electrons. The van der Waals surface area contributed by atoms with Crippen molar-refractivity contribution >= 4 is 17.4 Å². The lowest BCUT2D eigenvalue weighted by Gasteiger charge is -2.05. The van der Waals surface area contributed by atoms with Crippen molar-refractivity contribution in [2.24, 2.45) is 7.05 Å². The van der Waals surface area contributed by atoms with E-state index in [1.54, 1.807) is 16.9 Å². The number of halogens is 1. The van der Waals surface area contributed by atoms with Crippen molar-refractivity contribution in [1.29, 1.82) is 0 Å². The minimum absolute atomic E-state index is 0.124. The Morgan fingerprint density at radius 2 is 2.22 bits per heavy atom. The maximum Gasteiger partial charge on any atom is 0.163 e. The number of carbonyl (C=O) groups excluding carboxylic acids is 1. The fourth-order valence-electron chi connectivity index (χ4n) is 1.90. The average Bonchev–Trinajstić information content (AvgIpc) is 2.76. The molecule has 18 heavy (non-hydrogen) atoms. The van der Waals surface area contributed by atoms with Gasteiger partial charge in [0.2, 0.25) is 0 Å². The summed E-state index contributed by atoms with van der Waals surface area (Å²) in [6.45, 7) is 1.87. The average molecular weight is 263 g/mol. The number of nitrogens with zero attached hydrogens (tertiary/aromatic N) is 2. The number of Topliss-reactive ketones (excluding diaryl/α,β-unsaturated/α-hetero) is 1. The number of carbonyl (C=O) groups is 1. The summed E-state index contributed by atoms with van der Waals surface area (Å²) in [5.41, 5.74) is 2.65. The van der Waals surface area contributed by atoms with Crippen LogP contribution in [0, 0.1) is 6.92 Å². The van der Waals surface area contributed by atoms with Crippen molar-refractivity contribution < 1.29 is 4.79 Å². The molecule has 1 aromatic carbocycles. The lowest BCUT2D eigenvalue weighted by atomic mass is 10.0. The Balaban J connectivity index is 2.06. The molecular weight excluding hydrogens is 248 g/mol. The molecule has 94 valence electrons. The van der Waals surface area contributed by atoms with Gasteiger partial charge >= 0.3 is 0 Å². The van der Waals surface area contributed by atoms with Crippen LogP contribution in [0.4, 0.5) is 0 Å². The van der Waals surface area contributed by atoms with Crippen molar-refractivity contribution in [2.45, 2.75) is 19.8 Å². The molecule has 1 aromatic heterocycles. The highest BCUT2D eigenvalue weighted by Gasteiger charge is 2.11. The number of aryl methyl sites for hydroxylation is 2. The van der Waals surface area contributed by atoms with Crippen LogP contribution in [0.25, 0.3) is 0 Å². The minimum atomic E-state index is 0.124. The van der Waals surface area contributed by atoms with E-state index in [0.717, 1.165) is 11.1 Å². The summed E-state index contributed by atoms with van der Waals surface area (Å²) in [6.07, 6.45) is 4.90. The highest BCUT2D eigenvalue weighted by Crippen LogP contribution is 2.20. The second kappa shape index (κ2) is 5.36. The highest BCUT2D eigenvalue weighted by molar-refractivity contribution is 6.31. The molecule has 0 amide bonds. The third kappa shape index (κ3) is 2.79. The number of aromatic nitrogens is 2. The molecule has 0 aliphatic carbocycles. The molecule has 0 atom stereocenters. The third-order valence-electron chi connectivity index (χ3n) is 2.97. The van der Waals surface area contributed by atoms with Gasteiger partial charge in [-0.3, -0.25) is 9.48 Å². The molecular formula is C14H15ClN2O. The number of hydrogen-bond donors (Lipinski definition) is 0. The van der Waals surface area contributed by atoms with Crippen LogP contribution in [0.2, 0.25) is 5.02 Å². The monoisotopic (exact) mass is 262 g/mol. The van der Waals surface area contributed by atoms with Crippen molar-refractivity contribution in [3.63, 3.8) is 0 Å². The van der Waals surface area contributed by atoms with E-state index in [2.05, 4.69) is 5.10 Å². The van der Waals surface area contributed by atoms with Gasteiger partial charge in [0, 0.05) is 30.3 Å². The second-order valence-corrected chi connectivity index (χ2v) is 4.77. The topological polar surface area (TPSA) is 34.9 Å². The van der Waals surface area contributed by atoms with E-state index >= 15 is 0 Å². The Hall–Kier alpha value is -1.61. The quantitative estimate of drug-likeness (QED) is 0.793. The zero-order chi connectivity index (χ0) is 13.1. The molecule has 0 spiro atoms. The van der Waals surface area contributed by atoms with Crippen LogP contribution >= 0.6 is 11.6 Å². The van der Waals surface area contributed by atoms with Gasteiger partial charge in [-0.2, -0.15) is 5.10 Å². The zero-order valence-electron chi connectivity index (χ0n) is 10.5. The van der Waals surface area contributed by atoms with Gasteiger partial charge in [-0.05, 0) is 30.5 Å². The molecule has 0 bridgehead atoms. The van der Waals surface area contributed by atoms with Crippen LogP contribution < -0.4 is 0 Å². The van der Waals surface area contributed by atoms with Crippen LogP contribution in [0.3, 0.4) is 0 Å². The number of ketones is 1. The van der Waals surface area contributed by atoms with Crippen LogP contribution in [-0.4, -0.2) is 15.6 Å². The minimum Gasteiger partial charge on any atom is -0.294 e. The van der Waals surface area contributed by atoms with Crippen molar-refractivity contribution in [1.82, 2.24) is 9.78 Å². The van der Waals surface area contributed by atoms with Gasteiger partial charge in [-0.15, -0.1) is 0 Å². The van der Waals surface area contributed by atoms with E-state index in [1.807, 2.05) is 32.3 Å². The standard InChI is InChI=1S/C14H15ClN2O/c1-10-12(4-3-5-13(10)15)14(18)7-6-11-8-16-17(2)9-11/h3-5,8-9H,6-7H2,1-2H3. The van der Waals surface area contributed by atoms with Gasteiger partial charge in [0.05, 0.1) is 6.20 Å². The number of hydrogen-bond acceptors (Lipinski definition) is 2. The molecule has 3 nitrogen and oxygen atoms in total. The largest absolute Gasteiger partial charge is 0.294 e. The van der Waals surface area contributed by atoms with Gasteiger partial charge in [0.25, 0.3) is 0 Å². The van der Waals surface area contributed by atoms with Gasteiger partial charge in [0.1, 0.15) is 0 Å².